The van der Waals surface area contributed by atoms with Gasteiger partial charge in [-0.05, 0) is 26.2 Å². The maximum Gasteiger partial charge on any atom is 0.263 e. The minimum Gasteiger partial charge on any atom is -0.382 e. The summed E-state index contributed by atoms with van der Waals surface area (Å²) in [4.78, 5) is 13.9. The van der Waals surface area contributed by atoms with Crippen molar-refractivity contribution in [1.29, 1.82) is 5.26 Å². The van der Waals surface area contributed by atoms with E-state index in [2.05, 4.69) is 19.2 Å². The molecule has 0 unspecified atom stereocenters. The van der Waals surface area contributed by atoms with Crippen LogP contribution >= 0.6 is 0 Å². The number of nitrogens with zero attached hydrogens (tertiary/aromatic N) is 2. The molecule has 0 aliphatic rings. The molecule has 0 spiro atoms. The number of hydrogen-bond donors (Lipinski definition) is 1. The smallest absolute Gasteiger partial charge is 0.263 e. The van der Waals surface area contributed by atoms with Gasteiger partial charge >= 0.3 is 0 Å². The molecule has 0 rings (SSSR count). The van der Waals surface area contributed by atoms with Gasteiger partial charge in [0.25, 0.3) is 5.91 Å². The summed E-state index contributed by atoms with van der Waals surface area (Å²) in [6.07, 6.45) is 4.41. The Morgan fingerprint density at radius 3 is 2.45 bits per heavy atom. The van der Waals surface area contributed by atoms with E-state index < -0.39 is 0 Å². The fraction of sp³-hybridized carbons (Fsp3) is 0.733. The SMILES string of the molecule is CCCN(/C=C(/C#N)C(=O)NCCCOCC)CCC. The summed E-state index contributed by atoms with van der Waals surface area (Å²) in [5.41, 5.74) is 0.170. The van der Waals surface area contributed by atoms with Crippen molar-refractivity contribution in [1.82, 2.24) is 10.2 Å². The van der Waals surface area contributed by atoms with E-state index >= 15 is 0 Å². The van der Waals surface area contributed by atoms with Crippen molar-refractivity contribution in [2.24, 2.45) is 0 Å². The van der Waals surface area contributed by atoms with Gasteiger partial charge in [-0.15, -0.1) is 0 Å². The first-order valence-electron chi connectivity index (χ1n) is 7.41. The summed E-state index contributed by atoms with van der Waals surface area (Å²) in [7, 11) is 0. The van der Waals surface area contributed by atoms with Crippen molar-refractivity contribution in [3.05, 3.63) is 11.8 Å². The Labute approximate surface area is 122 Å². The second-order valence-corrected chi connectivity index (χ2v) is 4.50. The molecule has 0 saturated heterocycles. The number of carbonyl (C=O) groups is 1. The maximum atomic E-state index is 11.9. The van der Waals surface area contributed by atoms with Crippen LogP contribution in [-0.4, -0.2) is 43.7 Å². The highest BCUT2D eigenvalue weighted by Gasteiger charge is 2.10. The lowest BCUT2D eigenvalue weighted by Crippen LogP contribution is -2.28. The summed E-state index contributed by atoms with van der Waals surface area (Å²) in [5, 5.41) is 11.8. The van der Waals surface area contributed by atoms with Gasteiger partial charge in [0.05, 0.1) is 0 Å². The molecule has 0 aliphatic heterocycles. The monoisotopic (exact) mass is 281 g/mol. The first kappa shape index (κ1) is 18.5. The predicted molar refractivity (Wildman–Crippen MR) is 80.0 cm³/mol. The molecule has 0 aromatic heterocycles. The van der Waals surface area contributed by atoms with Crippen molar-refractivity contribution in [3.8, 4) is 6.07 Å². The minimum atomic E-state index is -0.304. The van der Waals surface area contributed by atoms with Crippen LogP contribution in [0.25, 0.3) is 0 Å². The van der Waals surface area contributed by atoms with Crippen LogP contribution in [0.4, 0.5) is 0 Å². The second-order valence-electron chi connectivity index (χ2n) is 4.50. The molecule has 114 valence electrons. The van der Waals surface area contributed by atoms with E-state index in [1.807, 2.05) is 17.9 Å². The van der Waals surface area contributed by atoms with Crippen LogP contribution in [0.15, 0.2) is 11.8 Å². The molecule has 0 fully saturated rings. The van der Waals surface area contributed by atoms with Crippen LogP contribution in [0.2, 0.25) is 0 Å². The number of carbonyl (C=O) groups excluding carboxylic acids is 1. The third-order valence-corrected chi connectivity index (χ3v) is 2.65. The zero-order valence-corrected chi connectivity index (χ0v) is 12.9. The Bertz CT molecular complexity index is 329. The zero-order chi connectivity index (χ0) is 15.2. The van der Waals surface area contributed by atoms with Gasteiger partial charge in [-0.25, -0.2) is 0 Å². The first-order chi connectivity index (χ1) is 9.69. The quantitative estimate of drug-likeness (QED) is 0.358. The molecule has 1 N–H and O–H groups in total. The average molecular weight is 281 g/mol. The van der Waals surface area contributed by atoms with Gasteiger partial charge in [0.1, 0.15) is 11.6 Å². The van der Waals surface area contributed by atoms with Gasteiger partial charge in [-0.3, -0.25) is 4.79 Å². The largest absolute Gasteiger partial charge is 0.382 e. The maximum absolute atomic E-state index is 11.9. The first-order valence-corrected chi connectivity index (χ1v) is 7.41. The molecule has 5 nitrogen and oxygen atoms in total. The van der Waals surface area contributed by atoms with Crippen molar-refractivity contribution >= 4 is 5.91 Å². The van der Waals surface area contributed by atoms with Crippen molar-refractivity contribution in [3.63, 3.8) is 0 Å². The molecule has 0 aromatic carbocycles. The molecule has 0 aromatic rings. The molecule has 0 radical (unpaired) electrons. The van der Waals surface area contributed by atoms with E-state index in [1.165, 1.54) is 0 Å². The van der Waals surface area contributed by atoms with Crippen molar-refractivity contribution in [2.75, 3.05) is 32.8 Å². The number of hydrogen-bond acceptors (Lipinski definition) is 4. The number of nitrogens with one attached hydrogen (secondary N) is 1. The summed E-state index contributed by atoms with van der Waals surface area (Å²) in [5.74, 6) is -0.304. The molecular weight excluding hydrogens is 254 g/mol. The van der Waals surface area contributed by atoms with Gasteiger partial charge in [0.15, 0.2) is 0 Å². The Hall–Kier alpha value is -1.54. The second kappa shape index (κ2) is 12.5. The lowest BCUT2D eigenvalue weighted by Gasteiger charge is -2.19. The molecule has 0 atom stereocenters. The molecule has 0 saturated carbocycles. The third kappa shape index (κ3) is 8.54. The van der Waals surface area contributed by atoms with Gasteiger partial charge < -0.3 is 15.0 Å². The van der Waals surface area contributed by atoms with E-state index in [1.54, 1.807) is 6.20 Å². The summed E-state index contributed by atoms with van der Waals surface area (Å²) in [6, 6.07) is 1.98. The molecule has 20 heavy (non-hydrogen) atoms. The van der Waals surface area contributed by atoms with Crippen molar-refractivity contribution in [2.45, 2.75) is 40.0 Å². The Balaban J connectivity index is 4.33. The standard InChI is InChI=1S/C15H27N3O2/c1-4-9-18(10-5-2)13-14(12-16)15(19)17-8-7-11-20-6-3/h13H,4-11H2,1-3H3,(H,17,19)/b14-13-. The topological polar surface area (TPSA) is 65.4 Å². The molecule has 0 heterocycles. The van der Waals surface area contributed by atoms with E-state index in [0.717, 1.165) is 32.4 Å². The van der Waals surface area contributed by atoms with Gasteiger partial charge in [0.2, 0.25) is 0 Å². The average Bonchev–Trinajstić information content (AvgIpc) is 2.44. The van der Waals surface area contributed by atoms with Crippen LogP contribution in [0.5, 0.6) is 0 Å². The molecule has 0 bridgehead atoms. The van der Waals surface area contributed by atoms with Crippen LogP contribution < -0.4 is 5.32 Å². The highest BCUT2D eigenvalue weighted by Crippen LogP contribution is 2.01. The fourth-order valence-electron chi connectivity index (χ4n) is 1.75. The summed E-state index contributed by atoms with van der Waals surface area (Å²) < 4.78 is 5.19. The van der Waals surface area contributed by atoms with Crippen LogP contribution in [0, 0.1) is 11.3 Å². The molecule has 5 heteroatoms. The fourth-order valence-corrected chi connectivity index (χ4v) is 1.75. The zero-order valence-electron chi connectivity index (χ0n) is 12.9. The molecular formula is C15H27N3O2. The van der Waals surface area contributed by atoms with Crippen LogP contribution in [0.1, 0.15) is 40.0 Å². The lowest BCUT2D eigenvalue weighted by atomic mass is 10.2. The number of amides is 1. The van der Waals surface area contributed by atoms with Gasteiger partial charge in [-0.1, -0.05) is 13.8 Å². The van der Waals surface area contributed by atoms with E-state index in [9.17, 15) is 4.79 Å². The van der Waals surface area contributed by atoms with Gasteiger partial charge in [0, 0.05) is 39.0 Å². The van der Waals surface area contributed by atoms with Gasteiger partial charge in [-0.2, -0.15) is 5.26 Å². The highest BCUT2D eigenvalue weighted by molar-refractivity contribution is 5.97. The minimum absolute atomic E-state index is 0.170. The normalized spacial score (nSPS) is 11.0. The molecule has 1 amide bonds. The Kier molecular flexibility index (Phi) is 11.5. The predicted octanol–water partition coefficient (Wildman–Crippen LogP) is 2.06. The number of ether oxygens (including phenoxy) is 1. The molecule has 0 aliphatic carbocycles. The summed E-state index contributed by atoms with van der Waals surface area (Å²) in [6.45, 7) is 9.64. The highest BCUT2D eigenvalue weighted by atomic mass is 16.5. The van der Waals surface area contributed by atoms with Crippen LogP contribution in [0.3, 0.4) is 0 Å². The lowest BCUT2D eigenvalue weighted by molar-refractivity contribution is -0.117. The van der Waals surface area contributed by atoms with E-state index in [0.29, 0.717) is 19.8 Å². The van der Waals surface area contributed by atoms with Crippen LogP contribution in [-0.2, 0) is 9.53 Å². The Morgan fingerprint density at radius 1 is 1.30 bits per heavy atom. The number of rotatable bonds is 11. The van der Waals surface area contributed by atoms with E-state index in [-0.39, 0.29) is 11.5 Å². The van der Waals surface area contributed by atoms with Crippen molar-refractivity contribution < 1.29 is 9.53 Å². The van der Waals surface area contributed by atoms with E-state index in [4.69, 9.17) is 10.00 Å². The summed E-state index contributed by atoms with van der Waals surface area (Å²) >= 11 is 0. The Morgan fingerprint density at radius 2 is 1.95 bits per heavy atom. The number of nitriles is 1. The third-order valence-electron chi connectivity index (χ3n) is 2.65.